The van der Waals surface area contributed by atoms with E-state index in [-0.39, 0.29) is 6.04 Å². The molecule has 18 heavy (non-hydrogen) atoms. The molecule has 1 N–H and O–H groups in total. The van der Waals surface area contributed by atoms with Crippen LogP contribution >= 0.6 is 27.3 Å². The van der Waals surface area contributed by atoms with Gasteiger partial charge in [-0.3, -0.25) is 0 Å². The highest BCUT2D eigenvalue weighted by atomic mass is 79.9. The minimum absolute atomic E-state index is 0.224. The molecule has 1 aromatic heterocycles. The van der Waals surface area contributed by atoms with E-state index in [1.807, 2.05) is 0 Å². The van der Waals surface area contributed by atoms with Crippen molar-refractivity contribution in [3.05, 3.63) is 15.9 Å². The minimum atomic E-state index is -3.30. The van der Waals surface area contributed by atoms with Crippen LogP contribution in [0, 0.1) is 23.7 Å². The first-order valence-corrected chi connectivity index (χ1v) is 9.43. The summed E-state index contributed by atoms with van der Waals surface area (Å²) in [7, 11) is -3.30. The summed E-state index contributed by atoms with van der Waals surface area (Å²) >= 11 is 4.59. The molecule has 3 saturated carbocycles. The average Bonchev–Trinajstić information content (AvgIpc) is 2.78. The van der Waals surface area contributed by atoms with Crippen molar-refractivity contribution >= 4 is 37.3 Å². The van der Waals surface area contributed by atoms with Crippen LogP contribution in [-0.4, -0.2) is 14.5 Å². The molecular weight excluding hydrogens is 334 g/mol. The van der Waals surface area contributed by atoms with Crippen molar-refractivity contribution in [3.8, 4) is 0 Å². The first-order chi connectivity index (χ1) is 8.56. The molecule has 4 rings (SSSR count). The van der Waals surface area contributed by atoms with Gasteiger partial charge in [0.1, 0.15) is 4.21 Å². The second-order valence-electron chi connectivity index (χ2n) is 5.69. The first kappa shape index (κ1) is 11.9. The molecule has 0 radical (unpaired) electrons. The minimum Gasteiger partial charge on any atom is -0.207 e. The van der Waals surface area contributed by atoms with Crippen LogP contribution in [0.2, 0.25) is 0 Å². The van der Waals surface area contributed by atoms with E-state index in [0.717, 1.165) is 15.6 Å². The molecule has 0 spiro atoms. The second kappa shape index (κ2) is 3.81. The van der Waals surface area contributed by atoms with Crippen LogP contribution in [0.3, 0.4) is 0 Å². The van der Waals surface area contributed by atoms with Crippen LogP contribution in [0.25, 0.3) is 0 Å². The topological polar surface area (TPSA) is 46.2 Å². The second-order valence-corrected chi connectivity index (χ2v) is 10.1. The van der Waals surface area contributed by atoms with Crippen molar-refractivity contribution in [3.63, 3.8) is 0 Å². The van der Waals surface area contributed by atoms with Gasteiger partial charge >= 0.3 is 0 Å². The molecule has 0 amide bonds. The number of rotatable bonds is 3. The van der Waals surface area contributed by atoms with Crippen LogP contribution < -0.4 is 4.72 Å². The van der Waals surface area contributed by atoms with E-state index in [1.165, 1.54) is 30.6 Å². The molecule has 4 atom stereocenters. The van der Waals surface area contributed by atoms with Crippen LogP contribution in [0.5, 0.6) is 0 Å². The summed E-state index contributed by atoms with van der Waals surface area (Å²) in [5, 5.41) is 0. The van der Waals surface area contributed by atoms with Crippen molar-refractivity contribution in [2.45, 2.75) is 29.5 Å². The van der Waals surface area contributed by atoms with Gasteiger partial charge in [-0.1, -0.05) is 0 Å². The van der Waals surface area contributed by atoms with Crippen molar-refractivity contribution < 1.29 is 8.42 Å². The van der Waals surface area contributed by atoms with Gasteiger partial charge in [-0.05, 0) is 71.0 Å². The molecule has 0 aliphatic heterocycles. The summed E-state index contributed by atoms with van der Waals surface area (Å²) in [5.41, 5.74) is 0. The highest BCUT2D eigenvalue weighted by molar-refractivity contribution is 9.11. The maximum Gasteiger partial charge on any atom is 0.250 e. The van der Waals surface area contributed by atoms with Crippen LogP contribution in [-0.2, 0) is 10.0 Å². The highest BCUT2D eigenvalue weighted by Gasteiger charge is 2.65. The van der Waals surface area contributed by atoms with Gasteiger partial charge in [0.05, 0.1) is 3.79 Å². The lowest BCUT2D eigenvalue weighted by molar-refractivity contribution is 0.456. The fraction of sp³-hybridized carbons (Fsp3) is 0.667. The zero-order valence-corrected chi connectivity index (χ0v) is 12.9. The Morgan fingerprint density at radius 2 is 1.89 bits per heavy atom. The summed E-state index contributed by atoms with van der Waals surface area (Å²) in [6, 6.07) is 3.68. The average molecular weight is 348 g/mol. The Morgan fingerprint density at radius 1 is 1.22 bits per heavy atom. The molecule has 98 valence electrons. The van der Waals surface area contributed by atoms with Crippen molar-refractivity contribution in [1.82, 2.24) is 4.72 Å². The lowest BCUT2D eigenvalue weighted by atomic mass is 10.0. The Morgan fingerprint density at radius 3 is 2.44 bits per heavy atom. The lowest BCUT2D eigenvalue weighted by Gasteiger charge is -2.10. The van der Waals surface area contributed by atoms with Gasteiger partial charge in [0.15, 0.2) is 0 Å². The van der Waals surface area contributed by atoms with Gasteiger partial charge in [-0.25, -0.2) is 13.1 Å². The van der Waals surface area contributed by atoms with Crippen molar-refractivity contribution in [2.75, 3.05) is 0 Å². The first-order valence-electron chi connectivity index (χ1n) is 6.34. The van der Waals surface area contributed by atoms with Gasteiger partial charge in [0, 0.05) is 6.04 Å². The summed E-state index contributed by atoms with van der Waals surface area (Å²) in [6.45, 7) is 0. The standard InChI is InChI=1S/C12H14BrNO2S2/c13-8-3-4-9(17-8)18(15,16)14-12-10-6-1-2-7(5-6)11(10)12/h3-4,6-7,10-12,14H,1-2,5H2. The highest BCUT2D eigenvalue weighted by Crippen LogP contribution is 2.65. The maximum absolute atomic E-state index is 12.2. The summed E-state index contributed by atoms with van der Waals surface area (Å²) in [4.78, 5) is 0. The van der Waals surface area contributed by atoms with E-state index in [1.54, 1.807) is 12.1 Å². The number of nitrogens with one attached hydrogen (secondary N) is 1. The molecule has 2 bridgehead atoms. The molecule has 0 saturated heterocycles. The predicted octanol–water partition coefficient (Wildman–Crippen LogP) is 2.83. The Labute approximate surface area is 119 Å². The molecule has 3 fully saturated rings. The van der Waals surface area contributed by atoms with E-state index in [0.29, 0.717) is 16.0 Å². The Bertz CT molecular complexity index is 581. The molecule has 4 unspecified atom stereocenters. The monoisotopic (exact) mass is 347 g/mol. The van der Waals surface area contributed by atoms with E-state index < -0.39 is 10.0 Å². The number of fused-ring (bicyclic) bond motifs is 5. The molecular formula is C12H14BrNO2S2. The van der Waals surface area contributed by atoms with Crippen LogP contribution in [0.4, 0.5) is 0 Å². The van der Waals surface area contributed by atoms with E-state index >= 15 is 0 Å². The fourth-order valence-corrected chi connectivity index (χ4v) is 7.49. The molecule has 3 nitrogen and oxygen atoms in total. The number of sulfonamides is 1. The normalized spacial score (nSPS) is 41.1. The summed E-state index contributed by atoms with van der Waals surface area (Å²) in [5.74, 6) is 2.87. The number of halogens is 1. The maximum atomic E-state index is 12.2. The Balaban J connectivity index is 1.53. The molecule has 3 aliphatic rings. The quantitative estimate of drug-likeness (QED) is 0.913. The van der Waals surface area contributed by atoms with E-state index in [4.69, 9.17) is 0 Å². The molecule has 3 aliphatic carbocycles. The van der Waals surface area contributed by atoms with Crippen molar-refractivity contribution in [1.29, 1.82) is 0 Å². The summed E-state index contributed by atoms with van der Waals surface area (Å²) < 4.78 is 28.7. The fourth-order valence-electron chi connectivity index (χ4n) is 4.16. The van der Waals surface area contributed by atoms with Gasteiger partial charge < -0.3 is 0 Å². The Kier molecular flexibility index (Phi) is 2.51. The summed E-state index contributed by atoms with van der Waals surface area (Å²) in [6.07, 6.45) is 3.97. The largest absolute Gasteiger partial charge is 0.250 e. The SMILES string of the molecule is O=S(=O)(NC1C2C3CCC(C3)C12)c1ccc(Br)s1. The Hall–Kier alpha value is 0.0900. The third-order valence-corrected chi connectivity index (χ3v) is 8.41. The molecule has 1 heterocycles. The smallest absolute Gasteiger partial charge is 0.207 e. The van der Waals surface area contributed by atoms with Crippen LogP contribution in [0.15, 0.2) is 20.1 Å². The lowest BCUT2D eigenvalue weighted by Crippen LogP contribution is -2.29. The van der Waals surface area contributed by atoms with E-state index in [9.17, 15) is 8.42 Å². The van der Waals surface area contributed by atoms with Crippen LogP contribution in [0.1, 0.15) is 19.3 Å². The number of thiophene rings is 1. The number of hydrogen-bond acceptors (Lipinski definition) is 3. The van der Waals surface area contributed by atoms with E-state index in [2.05, 4.69) is 20.7 Å². The van der Waals surface area contributed by atoms with Crippen molar-refractivity contribution in [2.24, 2.45) is 23.7 Å². The predicted molar refractivity (Wildman–Crippen MR) is 73.9 cm³/mol. The molecule has 1 aromatic rings. The van der Waals surface area contributed by atoms with Gasteiger partial charge in [0.25, 0.3) is 0 Å². The zero-order valence-electron chi connectivity index (χ0n) is 9.67. The van der Waals surface area contributed by atoms with Gasteiger partial charge in [-0.15, -0.1) is 11.3 Å². The molecule has 0 aromatic carbocycles. The van der Waals surface area contributed by atoms with Gasteiger partial charge in [0.2, 0.25) is 10.0 Å². The molecule has 6 heteroatoms. The third-order valence-electron chi connectivity index (χ3n) is 4.84. The zero-order chi connectivity index (χ0) is 12.5. The third kappa shape index (κ3) is 1.65. The van der Waals surface area contributed by atoms with Gasteiger partial charge in [-0.2, -0.15) is 0 Å². The number of hydrogen-bond donors (Lipinski definition) is 1.